The maximum absolute atomic E-state index is 12.8. The van der Waals surface area contributed by atoms with Gasteiger partial charge in [-0.2, -0.15) is 11.8 Å². The van der Waals surface area contributed by atoms with Gasteiger partial charge < -0.3 is 15.3 Å². The van der Waals surface area contributed by atoms with Gasteiger partial charge in [0.15, 0.2) is 0 Å². The molecule has 0 amide bonds. The van der Waals surface area contributed by atoms with Crippen molar-refractivity contribution in [3.63, 3.8) is 0 Å². The Labute approximate surface area is 243 Å². The number of fused-ring (bicyclic) bond motifs is 5. The second kappa shape index (κ2) is 10.8. The van der Waals surface area contributed by atoms with E-state index in [1.807, 2.05) is 11.8 Å². The van der Waals surface area contributed by atoms with Gasteiger partial charge in [-0.15, -0.1) is 0 Å². The third-order valence-electron chi connectivity index (χ3n) is 11.9. The lowest BCUT2D eigenvalue weighted by atomic mass is 9.36. The van der Waals surface area contributed by atoms with E-state index in [0.717, 1.165) is 42.2 Å². The molecule has 0 radical (unpaired) electrons. The van der Waals surface area contributed by atoms with Crippen molar-refractivity contribution in [2.75, 3.05) is 0 Å². The van der Waals surface area contributed by atoms with Gasteiger partial charge in [0.2, 0.25) is 0 Å². The lowest BCUT2D eigenvalue weighted by molar-refractivity contribution is -0.233. The average Bonchev–Trinajstić information content (AvgIpc) is 3.08. The van der Waals surface area contributed by atoms with Crippen LogP contribution in [0.2, 0.25) is 0 Å². The molecule has 4 rings (SSSR count). The van der Waals surface area contributed by atoms with Crippen LogP contribution < -0.4 is 0 Å². The molecule has 0 aliphatic heterocycles. The fraction of sp³-hybridized carbons (Fsp3) is 0.844. The summed E-state index contributed by atoms with van der Waals surface area (Å²) >= 11 is 5.60. The number of hydrogen-bond acceptors (Lipinski definition) is 4. The molecule has 0 aromatic heterocycles. The standard InChI is InChI=1S/C32H51BrO4S/c1-17(2)23(33)10-9-20(29(36)37)27-22-15-25(35)28-30(6)13-12-24(34)19(5)21(30)11-14-31(28,7)32(22,8)16-26(27)38-18(3)4/h18-19,21-22,24-26,28,34-35H,9-16H2,1-8H3,(H,36,37)/b27-20-/t19-,21?,22?,24+,25+,26-,28-,30-,31-,32-/m0/s1. The predicted octanol–water partition coefficient (Wildman–Crippen LogP) is 7.97. The van der Waals surface area contributed by atoms with Gasteiger partial charge >= 0.3 is 5.97 Å². The van der Waals surface area contributed by atoms with Crippen LogP contribution in [-0.2, 0) is 4.79 Å². The Kier molecular flexibility index (Phi) is 8.74. The van der Waals surface area contributed by atoms with Crippen LogP contribution in [-0.4, -0.2) is 44.0 Å². The molecule has 0 saturated heterocycles. The predicted molar refractivity (Wildman–Crippen MR) is 161 cm³/mol. The van der Waals surface area contributed by atoms with Gasteiger partial charge in [0.25, 0.3) is 0 Å². The second-order valence-electron chi connectivity index (χ2n) is 14.3. The Morgan fingerprint density at radius 2 is 1.71 bits per heavy atom. The number of thioether (sulfide) groups is 1. The first-order valence-electron chi connectivity index (χ1n) is 14.9. The van der Waals surface area contributed by atoms with Crippen molar-refractivity contribution in [3.8, 4) is 0 Å². The van der Waals surface area contributed by atoms with E-state index in [4.69, 9.17) is 0 Å². The first kappa shape index (κ1) is 30.7. The SMILES string of the molecule is CC(C)=C(Br)CC/C(C(=O)O)=C1\C2C[C@@H](O)[C@H]3[C@@]4(C)CC[C@@H](O)[C@@H](C)C4CC[C@]3(C)[C@@]2(C)C[C@@H]1SC(C)C. The minimum atomic E-state index is -0.791. The third-order valence-corrected chi connectivity index (χ3v) is 14.4. The number of rotatable bonds is 6. The number of carboxylic acids is 1. The topological polar surface area (TPSA) is 77.8 Å². The summed E-state index contributed by atoms with van der Waals surface area (Å²) in [7, 11) is 0. The van der Waals surface area contributed by atoms with Crippen LogP contribution in [0.5, 0.6) is 0 Å². The largest absolute Gasteiger partial charge is 0.478 e. The highest BCUT2D eigenvalue weighted by Gasteiger charge is 2.70. The summed E-state index contributed by atoms with van der Waals surface area (Å²) in [6.07, 6.45) is 6.04. The molecule has 4 nitrogen and oxygen atoms in total. The molecule has 4 fully saturated rings. The zero-order chi connectivity index (χ0) is 28.4. The third kappa shape index (κ3) is 4.79. The minimum absolute atomic E-state index is 0.00383. The van der Waals surface area contributed by atoms with E-state index < -0.39 is 12.1 Å². The number of halogens is 1. The number of aliphatic hydroxyl groups is 2. The molecule has 0 heterocycles. The van der Waals surface area contributed by atoms with E-state index >= 15 is 0 Å². The maximum Gasteiger partial charge on any atom is 0.331 e. The normalized spacial score (nSPS) is 45.7. The molecule has 4 aliphatic rings. The molecule has 0 bridgehead atoms. The molecule has 6 heteroatoms. The average molecular weight is 612 g/mol. The van der Waals surface area contributed by atoms with Gasteiger partial charge in [0.05, 0.1) is 12.2 Å². The zero-order valence-corrected chi connectivity index (χ0v) is 27.2. The Morgan fingerprint density at radius 3 is 2.29 bits per heavy atom. The number of aliphatic hydroxyl groups excluding tert-OH is 2. The lowest BCUT2D eigenvalue weighted by Gasteiger charge is -2.69. The van der Waals surface area contributed by atoms with E-state index in [1.165, 1.54) is 5.57 Å². The monoisotopic (exact) mass is 610 g/mol. The Morgan fingerprint density at radius 1 is 1.05 bits per heavy atom. The number of carboxylic acid groups (broad SMARTS) is 1. The minimum Gasteiger partial charge on any atom is -0.478 e. The van der Waals surface area contributed by atoms with Crippen molar-refractivity contribution in [2.45, 2.75) is 129 Å². The summed E-state index contributed by atoms with van der Waals surface area (Å²) in [5.74, 6) is 0.138. The highest BCUT2D eigenvalue weighted by molar-refractivity contribution is 9.11. The van der Waals surface area contributed by atoms with Gasteiger partial charge in [0.1, 0.15) is 0 Å². The summed E-state index contributed by atoms with van der Waals surface area (Å²) in [4.78, 5) is 12.8. The van der Waals surface area contributed by atoms with E-state index in [2.05, 4.69) is 71.3 Å². The van der Waals surface area contributed by atoms with Crippen LogP contribution in [0, 0.1) is 39.9 Å². The molecule has 10 atom stereocenters. The summed E-state index contributed by atoms with van der Waals surface area (Å²) < 4.78 is 1.08. The van der Waals surface area contributed by atoms with E-state index in [0.29, 0.717) is 36.0 Å². The van der Waals surface area contributed by atoms with Crippen molar-refractivity contribution in [3.05, 3.63) is 21.2 Å². The van der Waals surface area contributed by atoms with E-state index in [9.17, 15) is 20.1 Å². The van der Waals surface area contributed by atoms with Crippen molar-refractivity contribution >= 4 is 33.7 Å². The van der Waals surface area contributed by atoms with Gasteiger partial charge in [-0.25, -0.2) is 4.79 Å². The highest BCUT2D eigenvalue weighted by Crippen LogP contribution is 2.75. The van der Waals surface area contributed by atoms with Crippen LogP contribution >= 0.6 is 27.7 Å². The van der Waals surface area contributed by atoms with Gasteiger partial charge in [-0.1, -0.05) is 63.0 Å². The van der Waals surface area contributed by atoms with Gasteiger partial charge in [-0.05, 0) is 120 Å². The van der Waals surface area contributed by atoms with E-state index in [1.54, 1.807) is 0 Å². The summed E-state index contributed by atoms with van der Waals surface area (Å²) in [5, 5.41) is 33.9. The van der Waals surface area contributed by atoms with Crippen molar-refractivity contribution in [1.82, 2.24) is 0 Å². The molecule has 216 valence electrons. The Balaban J connectivity index is 1.82. The zero-order valence-electron chi connectivity index (χ0n) is 24.8. The second-order valence-corrected chi connectivity index (χ2v) is 17.0. The fourth-order valence-corrected chi connectivity index (χ4v) is 11.7. The molecule has 3 N–H and O–H groups in total. The van der Waals surface area contributed by atoms with Gasteiger partial charge in [-0.3, -0.25) is 0 Å². The lowest BCUT2D eigenvalue weighted by Crippen LogP contribution is -2.65. The van der Waals surface area contributed by atoms with Crippen molar-refractivity contribution < 1.29 is 20.1 Å². The smallest absolute Gasteiger partial charge is 0.331 e. The molecule has 0 aromatic carbocycles. The Bertz CT molecular complexity index is 1000. The number of hydrogen-bond donors (Lipinski definition) is 3. The van der Waals surface area contributed by atoms with Crippen LogP contribution in [0.15, 0.2) is 21.2 Å². The Hall–Kier alpha value is -0.300. The molecule has 0 aromatic rings. The molecule has 4 aliphatic carbocycles. The number of carbonyl (C=O) groups is 1. The maximum atomic E-state index is 12.8. The molecule has 0 spiro atoms. The summed E-state index contributed by atoms with van der Waals surface area (Å²) in [6.45, 7) is 18.0. The van der Waals surface area contributed by atoms with Crippen LogP contribution in [0.4, 0.5) is 0 Å². The summed E-state index contributed by atoms with van der Waals surface area (Å²) in [5.41, 5.74) is 2.73. The van der Waals surface area contributed by atoms with E-state index in [-0.39, 0.29) is 45.4 Å². The highest BCUT2D eigenvalue weighted by atomic mass is 79.9. The van der Waals surface area contributed by atoms with Gasteiger partial charge in [0, 0.05) is 10.8 Å². The molecule has 2 unspecified atom stereocenters. The van der Waals surface area contributed by atoms with Crippen molar-refractivity contribution in [2.24, 2.45) is 39.9 Å². The molecular weight excluding hydrogens is 560 g/mol. The molecular formula is C32H51BrO4S. The van der Waals surface area contributed by atoms with Crippen LogP contribution in [0.3, 0.4) is 0 Å². The van der Waals surface area contributed by atoms with Crippen LogP contribution in [0.1, 0.15) is 107 Å². The quantitative estimate of drug-likeness (QED) is 0.266. The van der Waals surface area contributed by atoms with Crippen molar-refractivity contribution in [1.29, 1.82) is 0 Å². The fourth-order valence-electron chi connectivity index (χ4n) is 9.91. The molecule has 38 heavy (non-hydrogen) atoms. The number of allylic oxidation sites excluding steroid dienone is 2. The first-order valence-corrected chi connectivity index (χ1v) is 16.6. The first-order chi connectivity index (χ1) is 17.6. The van der Waals surface area contributed by atoms with Crippen LogP contribution in [0.25, 0.3) is 0 Å². The molecule has 4 saturated carbocycles. The number of aliphatic carboxylic acids is 1. The summed E-state index contributed by atoms with van der Waals surface area (Å²) in [6, 6.07) is 0.